The molecule has 2 aliphatic rings. The number of benzene rings is 1. The molecule has 3 N–H and O–H groups in total. The first-order chi connectivity index (χ1) is 21.0. The topological polar surface area (TPSA) is 160 Å². The van der Waals surface area contributed by atoms with Gasteiger partial charge in [0, 0.05) is 30.9 Å². The molecule has 3 aromatic rings. The number of rotatable bonds is 12. The number of ether oxygens (including phenoxy) is 4. The van der Waals surface area contributed by atoms with Gasteiger partial charge in [-0.25, -0.2) is 19.1 Å². The van der Waals surface area contributed by atoms with Crippen LogP contribution in [0.15, 0.2) is 24.4 Å². The molecular weight excluding hydrogens is 568 g/mol. The highest BCUT2D eigenvalue weighted by molar-refractivity contribution is 6.02. The third kappa shape index (κ3) is 6.88. The van der Waals surface area contributed by atoms with E-state index in [2.05, 4.69) is 17.3 Å². The molecule has 1 atom stereocenters. The van der Waals surface area contributed by atoms with Crippen LogP contribution < -0.4 is 15.8 Å². The third-order valence-corrected chi connectivity index (χ3v) is 7.48. The Bertz CT molecular complexity index is 1560. The first kappa shape index (κ1) is 31.0. The Hall–Kier alpha value is -4.39. The van der Waals surface area contributed by atoms with Gasteiger partial charge in [0.25, 0.3) is 5.91 Å². The van der Waals surface area contributed by atoms with E-state index < -0.39 is 17.7 Å². The second kappa shape index (κ2) is 12.7. The number of nitrogens with two attached hydrogens (primary N) is 1. The summed E-state index contributed by atoms with van der Waals surface area (Å²) in [6.45, 7) is 10.8. The number of alkyl carbamates (subject to hydrolysis) is 1. The fraction of sp³-hybridized carbons (Fsp3) is 0.516. The molecule has 2 amide bonds. The summed E-state index contributed by atoms with van der Waals surface area (Å²) in [7, 11) is 0. The van der Waals surface area contributed by atoms with E-state index in [1.807, 2.05) is 11.0 Å². The van der Waals surface area contributed by atoms with Crippen molar-refractivity contribution >= 4 is 29.4 Å². The monoisotopic (exact) mass is 608 g/mol. The Morgan fingerprint density at radius 2 is 1.95 bits per heavy atom. The predicted molar refractivity (Wildman–Crippen MR) is 161 cm³/mol. The number of nitrogen functional groups attached to an aromatic ring is 1. The van der Waals surface area contributed by atoms with Gasteiger partial charge in [0.05, 0.1) is 31.1 Å². The molecule has 0 radical (unpaired) electrons. The van der Waals surface area contributed by atoms with Crippen LogP contribution in [-0.2, 0) is 20.8 Å². The van der Waals surface area contributed by atoms with Crippen LogP contribution in [0, 0.1) is 5.92 Å². The summed E-state index contributed by atoms with van der Waals surface area (Å²) in [5.41, 5.74) is 8.47. The minimum absolute atomic E-state index is 0.0303. The molecule has 3 heterocycles. The lowest BCUT2D eigenvalue weighted by atomic mass is 10.0. The van der Waals surface area contributed by atoms with Gasteiger partial charge in [0.15, 0.2) is 11.5 Å². The van der Waals surface area contributed by atoms with Gasteiger partial charge in [0.2, 0.25) is 0 Å². The van der Waals surface area contributed by atoms with E-state index in [1.54, 1.807) is 46.0 Å². The molecule has 0 unspecified atom stereocenters. The van der Waals surface area contributed by atoms with Gasteiger partial charge >= 0.3 is 12.1 Å². The van der Waals surface area contributed by atoms with Crippen molar-refractivity contribution in [2.24, 2.45) is 5.92 Å². The van der Waals surface area contributed by atoms with Crippen molar-refractivity contribution in [3.63, 3.8) is 0 Å². The van der Waals surface area contributed by atoms with Gasteiger partial charge in [-0.2, -0.15) is 0 Å². The first-order valence-corrected chi connectivity index (χ1v) is 14.9. The number of carbonyl (C=O) groups is 3. The summed E-state index contributed by atoms with van der Waals surface area (Å²) in [6.07, 6.45) is 3.41. The van der Waals surface area contributed by atoms with E-state index in [1.165, 1.54) is 4.52 Å². The molecule has 1 aliphatic carbocycles. The molecule has 13 nitrogen and oxygen atoms in total. The number of carbonyl (C=O) groups excluding carboxylic acids is 3. The number of hydrogen-bond donors (Lipinski definition) is 2. The average Bonchev–Trinajstić information content (AvgIpc) is 3.68. The van der Waals surface area contributed by atoms with Gasteiger partial charge in [-0.05, 0) is 77.1 Å². The van der Waals surface area contributed by atoms with Gasteiger partial charge in [0.1, 0.15) is 23.5 Å². The second-order valence-electron chi connectivity index (χ2n) is 12.0. The number of nitrogens with zero attached hydrogens (tertiary/aromatic N) is 4. The smallest absolute Gasteiger partial charge is 0.407 e. The minimum Gasteiger partial charge on any atom is -0.490 e. The van der Waals surface area contributed by atoms with E-state index in [0.29, 0.717) is 35.0 Å². The zero-order chi connectivity index (χ0) is 31.6. The van der Waals surface area contributed by atoms with Crippen molar-refractivity contribution in [2.75, 3.05) is 38.7 Å². The van der Waals surface area contributed by atoms with Crippen LogP contribution in [0.3, 0.4) is 0 Å². The standard InChI is InChI=1S/C31H40N6O7/c1-6-42-29(39)25-26(32)35-37-11-9-22(34-27(25)37)20-15-21-17-36(18(2)19-7-8-19)28(38)24(21)23(16-20)43-14-13-41-12-10-33-30(40)44-31(3,4)5/h9,11,15-16,18-19H,6-8,10,12-14,17H2,1-5H3,(H2,32,35)(H,33,40)/t18-/m0/s1. The Morgan fingerprint density at radius 1 is 1.18 bits per heavy atom. The molecule has 13 heteroatoms. The fourth-order valence-corrected chi connectivity index (χ4v) is 5.22. The SMILES string of the molecule is CCOC(=O)c1c(N)nn2ccc(-c3cc4c(c(OCCOCCNC(=O)OC(C)(C)C)c3)C(=O)N([C@@H](C)C3CC3)C4)nc12. The molecule has 44 heavy (non-hydrogen) atoms. The van der Waals surface area contributed by atoms with Crippen molar-refractivity contribution in [3.05, 3.63) is 41.1 Å². The Morgan fingerprint density at radius 3 is 2.66 bits per heavy atom. The number of amides is 2. The van der Waals surface area contributed by atoms with Crippen molar-refractivity contribution in [2.45, 2.75) is 65.6 Å². The predicted octanol–water partition coefficient (Wildman–Crippen LogP) is 3.83. The van der Waals surface area contributed by atoms with E-state index in [9.17, 15) is 14.4 Å². The number of fused-ring (bicyclic) bond motifs is 2. The lowest BCUT2D eigenvalue weighted by Crippen LogP contribution is -2.34. The fourth-order valence-electron chi connectivity index (χ4n) is 5.22. The maximum atomic E-state index is 13.6. The quantitative estimate of drug-likeness (QED) is 0.229. The molecule has 0 spiro atoms. The molecule has 0 saturated heterocycles. The first-order valence-electron chi connectivity index (χ1n) is 14.9. The van der Waals surface area contributed by atoms with Crippen molar-refractivity contribution in [3.8, 4) is 17.0 Å². The van der Waals surface area contributed by atoms with E-state index in [0.717, 1.165) is 18.4 Å². The lowest BCUT2D eigenvalue weighted by molar-refractivity contribution is 0.0486. The Labute approximate surface area is 256 Å². The second-order valence-corrected chi connectivity index (χ2v) is 12.0. The molecule has 236 valence electrons. The molecule has 0 bridgehead atoms. The zero-order valence-electron chi connectivity index (χ0n) is 25.8. The normalized spacial score (nSPS) is 15.3. The molecular formula is C31H40N6O7. The van der Waals surface area contributed by atoms with Gasteiger partial charge in [-0.1, -0.05) is 0 Å². The Balaban J connectivity index is 1.34. The summed E-state index contributed by atoms with van der Waals surface area (Å²) in [6, 6.07) is 5.63. The highest BCUT2D eigenvalue weighted by Crippen LogP contribution is 2.41. The maximum Gasteiger partial charge on any atom is 0.407 e. The molecule has 2 aromatic heterocycles. The lowest BCUT2D eigenvalue weighted by Gasteiger charge is -2.24. The van der Waals surface area contributed by atoms with Crippen LogP contribution in [-0.4, -0.2) is 82.1 Å². The van der Waals surface area contributed by atoms with Gasteiger partial charge < -0.3 is 34.9 Å². The summed E-state index contributed by atoms with van der Waals surface area (Å²) in [5.74, 6) is 0.322. The van der Waals surface area contributed by atoms with E-state index >= 15 is 0 Å². The molecule has 1 aromatic carbocycles. The molecule has 1 fully saturated rings. The zero-order valence-corrected chi connectivity index (χ0v) is 25.8. The molecule has 5 rings (SSSR count). The van der Waals surface area contributed by atoms with Crippen LogP contribution >= 0.6 is 0 Å². The average molecular weight is 609 g/mol. The minimum atomic E-state index is -0.598. The van der Waals surface area contributed by atoms with Crippen LogP contribution in [0.4, 0.5) is 10.6 Å². The van der Waals surface area contributed by atoms with E-state index in [-0.39, 0.29) is 61.9 Å². The number of hydrogen-bond acceptors (Lipinski definition) is 10. The van der Waals surface area contributed by atoms with Gasteiger partial charge in [-0.3, -0.25) is 4.79 Å². The van der Waals surface area contributed by atoms with Crippen LogP contribution in [0.25, 0.3) is 16.9 Å². The Kier molecular flexibility index (Phi) is 8.95. The van der Waals surface area contributed by atoms with Crippen LogP contribution in [0.1, 0.15) is 73.7 Å². The summed E-state index contributed by atoms with van der Waals surface area (Å²) in [5, 5.41) is 6.84. The van der Waals surface area contributed by atoms with Crippen molar-refractivity contribution in [1.29, 1.82) is 0 Å². The number of nitrogens with one attached hydrogen (secondary N) is 1. The maximum absolute atomic E-state index is 13.6. The highest BCUT2D eigenvalue weighted by Gasteiger charge is 2.40. The van der Waals surface area contributed by atoms with Crippen molar-refractivity contribution in [1.82, 2.24) is 24.8 Å². The number of esters is 1. The van der Waals surface area contributed by atoms with Crippen molar-refractivity contribution < 1.29 is 33.3 Å². The molecule has 1 saturated carbocycles. The summed E-state index contributed by atoms with van der Waals surface area (Å²) in [4.78, 5) is 44.6. The third-order valence-electron chi connectivity index (χ3n) is 7.48. The molecule has 1 aliphatic heterocycles. The largest absolute Gasteiger partial charge is 0.490 e. The number of aromatic nitrogens is 3. The van der Waals surface area contributed by atoms with Crippen LogP contribution in [0.5, 0.6) is 5.75 Å². The summed E-state index contributed by atoms with van der Waals surface area (Å²) >= 11 is 0. The summed E-state index contributed by atoms with van der Waals surface area (Å²) < 4.78 is 23.6. The van der Waals surface area contributed by atoms with Gasteiger partial charge in [-0.15, -0.1) is 5.10 Å². The van der Waals surface area contributed by atoms with Crippen LogP contribution in [0.2, 0.25) is 0 Å². The highest BCUT2D eigenvalue weighted by atomic mass is 16.6. The van der Waals surface area contributed by atoms with E-state index in [4.69, 9.17) is 29.7 Å². The number of anilines is 1.